The van der Waals surface area contributed by atoms with Crippen molar-refractivity contribution in [2.75, 3.05) is 26.6 Å². The molecule has 1 aliphatic heterocycles. The Morgan fingerprint density at radius 2 is 1.56 bits per heavy atom. The van der Waals surface area contributed by atoms with Crippen LogP contribution in [0.2, 0.25) is 0 Å². The highest BCUT2D eigenvalue weighted by Crippen LogP contribution is 2.42. The zero-order chi connectivity index (χ0) is 24.1. The number of nitrogens with one attached hydrogen (secondary N) is 1. The normalized spacial score (nSPS) is 15.3. The van der Waals surface area contributed by atoms with Crippen molar-refractivity contribution < 1.29 is 14.3 Å². The topological polar surface area (TPSA) is 63.2 Å². The van der Waals surface area contributed by atoms with E-state index in [9.17, 15) is 4.79 Å². The summed E-state index contributed by atoms with van der Waals surface area (Å²) < 4.78 is 10.8. The lowest BCUT2D eigenvalue weighted by Crippen LogP contribution is -2.20. The quantitative estimate of drug-likeness (QED) is 0.428. The van der Waals surface area contributed by atoms with Gasteiger partial charge in [0.15, 0.2) is 11.5 Å². The Labute approximate surface area is 201 Å². The van der Waals surface area contributed by atoms with E-state index in [2.05, 4.69) is 53.7 Å². The van der Waals surface area contributed by atoms with Crippen LogP contribution in [0.25, 0.3) is 0 Å². The van der Waals surface area contributed by atoms with Gasteiger partial charge < -0.3 is 14.8 Å². The number of fused-ring (bicyclic) bond motifs is 1. The van der Waals surface area contributed by atoms with Crippen molar-refractivity contribution in [1.29, 1.82) is 0 Å². The molecule has 0 bridgehead atoms. The Hall–Kier alpha value is -3.64. The summed E-state index contributed by atoms with van der Waals surface area (Å²) in [5, 5.41) is 2.96. The average molecular weight is 458 g/mol. The number of rotatable bonds is 9. The Bertz CT molecular complexity index is 1170. The second-order valence-electron chi connectivity index (χ2n) is 8.50. The van der Waals surface area contributed by atoms with Crippen LogP contribution in [0.5, 0.6) is 11.5 Å². The van der Waals surface area contributed by atoms with E-state index in [-0.39, 0.29) is 5.91 Å². The summed E-state index contributed by atoms with van der Waals surface area (Å²) >= 11 is 0. The molecule has 1 N–H and O–H groups in total. The SMILES string of the molecule is CCC(=Nc1ccc(CN(C)Cc2ccccc2)cc1)C1C(=O)Nc2cc(OC)c(OC)cc21. The number of ether oxygens (including phenoxy) is 2. The van der Waals surface area contributed by atoms with Crippen molar-refractivity contribution in [1.82, 2.24) is 4.90 Å². The summed E-state index contributed by atoms with van der Waals surface area (Å²) in [6.07, 6.45) is 0.660. The van der Waals surface area contributed by atoms with Gasteiger partial charge in [-0.3, -0.25) is 14.7 Å². The molecule has 1 unspecified atom stereocenters. The molecule has 1 heterocycles. The van der Waals surface area contributed by atoms with Gasteiger partial charge in [-0.1, -0.05) is 49.4 Å². The Morgan fingerprint density at radius 3 is 2.18 bits per heavy atom. The van der Waals surface area contributed by atoms with Gasteiger partial charge in [0.05, 0.1) is 19.9 Å². The zero-order valence-electron chi connectivity index (χ0n) is 20.2. The maximum absolute atomic E-state index is 12.9. The number of carbonyl (C=O) groups is 1. The van der Waals surface area contributed by atoms with E-state index >= 15 is 0 Å². The summed E-state index contributed by atoms with van der Waals surface area (Å²) in [5.41, 5.74) is 5.78. The first-order valence-electron chi connectivity index (χ1n) is 11.5. The molecule has 3 aromatic carbocycles. The van der Waals surface area contributed by atoms with Crippen LogP contribution in [0.15, 0.2) is 71.7 Å². The van der Waals surface area contributed by atoms with Gasteiger partial charge in [-0.25, -0.2) is 0 Å². The molecule has 1 amide bonds. The van der Waals surface area contributed by atoms with Gasteiger partial charge in [-0.2, -0.15) is 0 Å². The smallest absolute Gasteiger partial charge is 0.237 e. The molecule has 3 aromatic rings. The first-order valence-corrected chi connectivity index (χ1v) is 11.5. The third kappa shape index (κ3) is 5.13. The van der Waals surface area contributed by atoms with Crippen molar-refractivity contribution in [2.24, 2.45) is 4.99 Å². The van der Waals surface area contributed by atoms with Crippen molar-refractivity contribution >= 4 is 23.0 Å². The van der Waals surface area contributed by atoms with Crippen molar-refractivity contribution in [3.63, 3.8) is 0 Å². The predicted molar refractivity (Wildman–Crippen MR) is 136 cm³/mol. The van der Waals surface area contributed by atoms with Crippen LogP contribution >= 0.6 is 0 Å². The fourth-order valence-corrected chi connectivity index (χ4v) is 4.37. The van der Waals surface area contributed by atoms with E-state index in [0.29, 0.717) is 17.9 Å². The highest BCUT2D eigenvalue weighted by Gasteiger charge is 2.35. The van der Waals surface area contributed by atoms with E-state index in [1.165, 1.54) is 11.1 Å². The lowest BCUT2D eigenvalue weighted by Gasteiger charge is -2.17. The van der Waals surface area contributed by atoms with E-state index in [1.54, 1.807) is 20.3 Å². The molecule has 6 heteroatoms. The molecule has 0 radical (unpaired) electrons. The zero-order valence-corrected chi connectivity index (χ0v) is 20.2. The summed E-state index contributed by atoms with van der Waals surface area (Å²) in [6.45, 7) is 3.77. The lowest BCUT2D eigenvalue weighted by molar-refractivity contribution is -0.115. The van der Waals surface area contributed by atoms with Gasteiger partial charge in [0.1, 0.15) is 5.92 Å². The minimum atomic E-state index is -0.448. The molecule has 0 aliphatic carbocycles. The molecule has 176 valence electrons. The van der Waals surface area contributed by atoms with Crippen LogP contribution in [0.4, 0.5) is 11.4 Å². The average Bonchev–Trinajstić information content (AvgIpc) is 3.17. The van der Waals surface area contributed by atoms with Crippen LogP contribution in [-0.2, 0) is 17.9 Å². The van der Waals surface area contributed by atoms with Crippen LogP contribution in [0.3, 0.4) is 0 Å². The number of hydrogen-bond donors (Lipinski definition) is 1. The van der Waals surface area contributed by atoms with Crippen LogP contribution < -0.4 is 14.8 Å². The second-order valence-corrected chi connectivity index (χ2v) is 8.50. The molecule has 0 fully saturated rings. The highest BCUT2D eigenvalue weighted by molar-refractivity contribution is 6.19. The Balaban J connectivity index is 1.51. The van der Waals surface area contributed by atoms with Crippen LogP contribution in [-0.4, -0.2) is 37.8 Å². The van der Waals surface area contributed by atoms with E-state index in [0.717, 1.165) is 35.7 Å². The molecule has 1 atom stereocenters. The molecule has 6 nitrogen and oxygen atoms in total. The van der Waals surface area contributed by atoms with Crippen LogP contribution in [0.1, 0.15) is 36.0 Å². The maximum Gasteiger partial charge on any atom is 0.237 e. The summed E-state index contributed by atoms with van der Waals surface area (Å²) in [6, 6.07) is 22.4. The highest BCUT2D eigenvalue weighted by atomic mass is 16.5. The molecule has 4 rings (SSSR count). The Morgan fingerprint density at radius 1 is 0.941 bits per heavy atom. The summed E-state index contributed by atoms with van der Waals surface area (Å²) in [7, 11) is 5.30. The molecule has 0 saturated heterocycles. The van der Waals surface area contributed by atoms with Gasteiger partial charge in [-0.05, 0) is 48.4 Å². The maximum atomic E-state index is 12.9. The summed E-state index contributed by atoms with van der Waals surface area (Å²) in [4.78, 5) is 20.0. The van der Waals surface area contributed by atoms with Gasteiger partial charge in [-0.15, -0.1) is 0 Å². The number of benzene rings is 3. The third-order valence-electron chi connectivity index (χ3n) is 6.04. The third-order valence-corrected chi connectivity index (χ3v) is 6.04. The lowest BCUT2D eigenvalue weighted by atomic mass is 9.93. The number of amides is 1. The monoisotopic (exact) mass is 457 g/mol. The molecular weight excluding hydrogens is 426 g/mol. The molecule has 0 spiro atoms. The first kappa shape index (κ1) is 23.5. The Kier molecular flexibility index (Phi) is 7.28. The van der Waals surface area contributed by atoms with Gasteiger partial charge >= 0.3 is 0 Å². The number of nitrogens with zero attached hydrogens (tertiary/aromatic N) is 2. The van der Waals surface area contributed by atoms with Gasteiger partial charge in [0.25, 0.3) is 0 Å². The molecule has 34 heavy (non-hydrogen) atoms. The van der Waals surface area contributed by atoms with Gasteiger partial charge in [0.2, 0.25) is 5.91 Å². The number of anilines is 1. The number of carbonyl (C=O) groups excluding carboxylic acids is 1. The number of methoxy groups -OCH3 is 2. The predicted octanol–water partition coefficient (Wildman–Crippen LogP) is 5.55. The second kappa shape index (κ2) is 10.5. The number of aliphatic imine (C=N–C) groups is 1. The van der Waals surface area contributed by atoms with Crippen molar-refractivity contribution in [3.05, 3.63) is 83.4 Å². The molecule has 1 aliphatic rings. The minimum absolute atomic E-state index is 0.0786. The fourth-order valence-electron chi connectivity index (χ4n) is 4.37. The fraction of sp³-hybridized carbons (Fsp3) is 0.286. The molecule has 0 aromatic heterocycles. The first-order chi connectivity index (χ1) is 16.5. The van der Waals surface area contributed by atoms with E-state index in [1.807, 2.05) is 31.2 Å². The van der Waals surface area contributed by atoms with Gasteiger partial charge in [0, 0.05) is 30.6 Å². The summed E-state index contributed by atoms with van der Waals surface area (Å²) in [5.74, 6) is 0.661. The molecule has 0 saturated carbocycles. The largest absolute Gasteiger partial charge is 0.493 e. The van der Waals surface area contributed by atoms with Crippen molar-refractivity contribution in [2.45, 2.75) is 32.4 Å². The van der Waals surface area contributed by atoms with E-state index in [4.69, 9.17) is 14.5 Å². The van der Waals surface area contributed by atoms with E-state index < -0.39 is 5.92 Å². The molecular formula is C28H31N3O3. The number of hydrogen-bond acceptors (Lipinski definition) is 5. The van der Waals surface area contributed by atoms with Crippen molar-refractivity contribution in [3.8, 4) is 11.5 Å². The minimum Gasteiger partial charge on any atom is -0.493 e. The van der Waals surface area contributed by atoms with Crippen LogP contribution in [0, 0.1) is 0 Å². The standard InChI is InChI=1S/C28H31N3O3/c1-5-23(27-22-15-25(33-3)26(34-4)16-24(22)30-28(27)32)29-21-13-11-20(12-14-21)18-31(2)17-19-9-7-6-8-10-19/h6-16,27H,5,17-18H2,1-4H3,(H,30,32).